The Morgan fingerprint density at radius 2 is 2.00 bits per heavy atom. The number of nitro benzene ring substituents is 1. The van der Waals surface area contributed by atoms with Crippen LogP contribution in [0.2, 0.25) is 5.02 Å². The predicted molar refractivity (Wildman–Crippen MR) is 130 cm³/mol. The van der Waals surface area contributed by atoms with Gasteiger partial charge in [-0.1, -0.05) is 29.4 Å². The maximum atomic E-state index is 12.4. The van der Waals surface area contributed by atoms with Crippen LogP contribution in [-0.4, -0.2) is 38.5 Å². The Labute approximate surface area is 205 Å². The molecular weight excluding hydrogens is 482 g/mol. The Hall–Kier alpha value is -3.57. The van der Waals surface area contributed by atoms with Gasteiger partial charge < -0.3 is 14.8 Å². The number of nitro groups is 1. The van der Waals surface area contributed by atoms with E-state index < -0.39 is 11.0 Å². The van der Waals surface area contributed by atoms with Gasteiger partial charge >= 0.3 is 0 Å². The number of allylic oxidation sites excluding steroid dienone is 1. The van der Waals surface area contributed by atoms with Crippen molar-refractivity contribution in [1.29, 1.82) is 0 Å². The lowest BCUT2D eigenvalue weighted by atomic mass is 10.3. The molecule has 3 rings (SSSR count). The zero-order valence-corrected chi connectivity index (χ0v) is 20.0. The summed E-state index contributed by atoms with van der Waals surface area (Å²) in [5.41, 5.74) is -0.00945. The van der Waals surface area contributed by atoms with E-state index in [-0.39, 0.29) is 28.1 Å². The highest BCUT2D eigenvalue weighted by molar-refractivity contribution is 7.99. The first-order valence-corrected chi connectivity index (χ1v) is 11.4. The van der Waals surface area contributed by atoms with Crippen molar-refractivity contribution >= 4 is 40.6 Å². The summed E-state index contributed by atoms with van der Waals surface area (Å²) >= 11 is 6.98. The summed E-state index contributed by atoms with van der Waals surface area (Å²) in [6, 6.07) is 11.3. The van der Waals surface area contributed by atoms with Gasteiger partial charge in [0, 0.05) is 18.3 Å². The molecule has 0 spiro atoms. The quantitative estimate of drug-likeness (QED) is 0.169. The third kappa shape index (κ3) is 6.27. The molecule has 0 aliphatic heterocycles. The average Bonchev–Trinajstić information content (AvgIpc) is 3.22. The minimum Gasteiger partial charge on any atom is -0.497 e. The van der Waals surface area contributed by atoms with Gasteiger partial charge in [-0.15, -0.1) is 16.8 Å². The van der Waals surface area contributed by atoms with E-state index in [0.29, 0.717) is 23.3 Å². The largest absolute Gasteiger partial charge is 0.497 e. The molecule has 0 saturated carbocycles. The lowest BCUT2D eigenvalue weighted by Crippen LogP contribution is -2.15. The smallest absolute Gasteiger partial charge is 0.289 e. The first kappa shape index (κ1) is 25.1. The number of anilines is 1. The molecular formula is C22H22ClN5O5S. The van der Waals surface area contributed by atoms with Crippen molar-refractivity contribution in [2.75, 3.05) is 18.2 Å². The predicted octanol–water partition coefficient (Wildman–Crippen LogP) is 4.91. The summed E-state index contributed by atoms with van der Waals surface area (Å²) in [7, 11) is 1.59. The van der Waals surface area contributed by atoms with Crippen LogP contribution in [0.15, 0.2) is 60.3 Å². The number of aromatic nitrogens is 3. The summed E-state index contributed by atoms with van der Waals surface area (Å²) in [5, 5.41) is 22.6. The molecule has 3 aromatic rings. The molecule has 0 radical (unpaired) electrons. The fraction of sp³-hybridized carbons (Fsp3) is 0.227. The molecule has 0 bridgehead atoms. The molecule has 0 aliphatic rings. The number of carbonyl (C=O) groups is 1. The molecule has 1 aromatic heterocycles. The fourth-order valence-corrected chi connectivity index (χ4v) is 3.92. The molecule has 34 heavy (non-hydrogen) atoms. The first-order valence-electron chi connectivity index (χ1n) is 10.0. The van der Waals surface area contributed by atoms with Gasteiger partial charge in [0.2, 0.25) is 5.91 Å². The molecule has 12 heteroatoms. The molecule has 178 valence electrons. The van der Waals surface area contributed by atoms with E-state index in [4.69, 9.17) is 21.1 Å². The van der Waals surface area contributed by atoms with Crippen LogP contribution in [0.25, 0.3) is 0 Å². The van der Waals surface area contributed by atoms with Gasteiger partial charge in [0.15, 0.2) is 17.1 Å². The van der Waals surface area contributed by atoms with Crippen molar-refractivity contribution in [1.82, 2.24) is 14.8 Å². The second-order valence-corrected chi connectivity index (χ2v) is 8.29. The van der Waals surface area contributed by atoms with Gasteiger partial charge in [-0.25, -0.2) is 0 Å². The van der Waals surface area contributed by atoms with Crippen molar-refractivity contribution in [3.8, 4) is 11.5 Å². The number of hydrogen-bond acceptors (Lipinski definition) is 8. The van der Waals surface area contributed by atoms with E-state index in [0.717, 1.165) is 5.75 Å². The van der Waals surface area contributed by atoms with Crippen molar-refractivity contribution in [2.45, 2.75) is 24.7 Å². The molecule has 1 amide bonds. The number of methoxy groups -OCH3 is 1. The summed E-state index contributed by atoms with van der Waals surface area (Å²) in [5.74, 6) is 1.59. The van der Waals surface area contributed by atoms with Gasteiger partial charge in [-0.05, 0) is 43.3 Å². The van der Waals surface area contributed by atoms with Crippen LogP contribution in [0, 0.1) is 10.1 Å². The van der Waals surface area contributed by atoms with E-state index in [1.54, 1.807) is 37.5 Å². The molecule has 10 nitrogen and oxygen atoms in total. The number of carbonyl (C=O) groups excluding carboxylic acids is 1. The van der Waals surface area contributed by atoms with Gasteiger partial charge in [0.1, 0.15) is 16.5 Å². The van der Waals surface area contributed by atoms with Gasteiger partial charge in [0.05, 0.1) is 17.8 Å². The molecule has 0 saturated heterocycles. The lowest BCUT2D eigenvalue weighted by molar-refractivity contribution is -0.384. The molecule has 1 N–H and O–H groups in total. The third-order valence-corrected chi connectivity index (χ3v) is 5.84. The number of thioether (sulfide) groups is 1. The first-order chi connectivity index (χ1) is 16.3. The van der Waals surface area contributed by atoms with E-state index in [1.807, 2.05) is 11.5 Å². The normalized spacial score (nSPS) is 11.5. The van der Waals surface area contributed by atoms with Crippen LogP contribution in [0.1, 0.15) is 18.9 Å². The van der Waals surface area contributed by atoms with Gasteiger partial charge in [-0.3, -0.25) is 19.5 Å². The second-order valence-electron chi connectivity index (χ2n) is 6.94. The molecule has 0 aliphatic carbocycles. The minimum absolute atomic E-state index is 0.00610. The van der Waals surface area contributed by atoms with Crippen molar-refractivity contribution < 1.29 is 19.2 Å². The van der Waals surface area contributed by atoms with Crippen molar-refractivity contribution in [3.63, 3.8) is 0 Å². The molecule has 2 aromatic carbocycles. The number of hydrogen-bond donors (Lipinski definition) is 1. The maximum absolute atomic E-state index is 12.4. The lowest BCUT2D eigenvalue weighted by Gasteiger charge is -2.16. The molecule has 1 heterocycles. The van der Waals surface area contributed by atoms with Gasteiger partial charge in [0.25, 0.3) is 5.69 Å². The third-order valence-electron chi connectivity index (χ3n) is 4.55. The van der Waals surface area contributed by atoms with Crippen molar-refractivity contribution in [3.05, 3.63) is 76.1 Å². The van der Waals surface area contributed by atoms with E-state index in [2.05, 4.69) is 22.1 Å². The van der Waals surface area contributed by atoms with Crippen LogP contribution < -0.4 is 14.8 Å². The Kier molecular flexibility index (Phi) is 8.50. The van der Waals surface area contributed by atoms with E-state index >= 15 is 0 Å². The van der Waals surface area contributed by atoms with Crippen molar-refractivity contribution in [2.24, 2.45) is 0 Å². The summed E-state index contributed by atoms with van der Waals surface area (Å²) in [6.45, 7) is 6.05. The Bertz CT molecular complexity index is 1180. The van der Waals surface area contributed by atoms with E-state index in [9.17, 15) is 14.9 Å². The van der Waals surface area contributed by atoms with Crippen LogP contribution in [0.4, 0.5) is 11.4 Å². The number of halogens is 1. The zero-order valence-electron chi connectivity index (χ0n) is 18.4. The highest BCUT2D eigenvalue weighted by atomic mass is 35.5. The van der Waals surface area contributed by atoms with Gasteiger partial charge in [-0.2, -0.15) is 0 Å². The van der Waals surface area contributed by atoms with E-state index in [1.165, 1.54) is 30.0 Å². The molecule has 1 atom stereocenters. The molecule has 1 unspecified atom stereocenters. The number of rotatable bonds is 11. The maximum Gasteiger partial charge on any atom is 0.289 e. The number of amides is 1. The summed E-state index contributed by atoms with van der Waals surface area (Å²) in [4.78, 5) is 22.8. The average molecular weight is 504 g/mol. The topological polar surface area (TPSA) is 121 Å². The highest BCUT2D eigenvalue weighted by Gasteiger charge is 2.20. The summed E-state index contributed by atoms with van der Waals surface area (Å²) in [6.07, 6.45) is 1.28. The standard InChI is InChI=1S/C22H22ClN5O5S/c1-4-11-27-21(14(2)33-17-8-6-16(32-3)7-9-17)25-26-22(27)34-13-20(29)24-15-5-10-18(23)19(12-15)28(30)31/h4-10,12,14H,1,11,13H2,2-3H3,(H,24,29). The van der Waals surface area contributed by atoms with Crippen LogP contribution in [0.3, 0.4) is 0 Å². The SMILES string of the molecule is C=CCn1c(SCC(=O)Nc2ccc(Cl)c([N+](=O)[O-])c2)nnc1C(C)Oc1ccc(OC)cc1. The molecule has 0 fully saturated rings. The Morgan fingerprint density at radius 3 is 2.65 bits per heavy atom. The Morgan fingerprint density at radius 1 is 1.29 bits per heavy atom. The van der Waals surface area contributed by atoms with Crippen LogP contribution in [0.5, 0.6) is 11.5 Å². The number of benzene rings is 2. The second kappa shape index (κ2) is 11.5. The van der Waals surface area contributed by atoms with Crippen LogP contribution in [-0.2, 0) is 11.3 Å². The number of nitrogens with zero attached hydrogens (tertiary/aromatic N) is 4. The number of ether oxygens (including phenoxy) is 2. The monoisotopic (exact) mass is 503 g/mol. The summed E-state index contributed by atoms with van der Waals surface area (Å²) < 4.78 is 12.9. The Balaban J connectivity index is 1.66. The zero-order chi connectivity index (χ0) is 24.7. The number of nitrogens with one attached hydrogen (secondary N) is 1. The minimum atomic E-state index is -0.610. The highest BCUT2D eigenvalue weighted by Crippen LogP contribution is 2.28. The fourth-order valence-electron chi connectivity index (χ4n) is 2.98. The van der Waals surface area contributed by atoms with Crippen LogP contribution >= 0.6 is 23.4 Å².